The summed E-state index contributed by atoms with van der Waals surface area (Å²) in [6, 6.07) is 5.74. The second kappa shape index (κ2) is 5.50. The molecule has 21 heavy (non-hydrogen) atoms. The van der Waals surface area contributed by atoms with Gasteiger partial charge in [0.15, 0.2) is 0 Å². The SMILES string of the molecule is CN1CCC(Oc2ccc(C3(CC(=O)O)CC3)cc2Cl)C1. The van der Waals surface area contributed by atoms with E-state index in [9.17, 15) is 4.79 Å². The van der Waals surface area contributed by atoms with E-state index in [1.54, 1.807) is 0 Å². The average Bonchev–Trinajstić information content (AvgIpc) is 3.07. The lowest BCUT2D eigenvalue weighted by Gasteiger charge is -2.18. The summed E-state index contributed by atoms with van der Waals surface area (Å²) in [5.74, 6) is -0.0511. The van der Waals surface area contributed by atoms with Crippen molar-refractivity contribution in [3.05, 3.63) is 28.8 Å². The van der Waals surface area contributed by atoms with Gasteiger partial charge in [0, 0.05) is 18.5 Å². The first kappa shape index (κ1) is 14.7. The van der Waals surface area contributed by atoms with Gasteiger partial charge in [-0.3, -0.25) is 4.79 Å². The van der Waals surface area contributed by atoms with Crippen LogP contribution in [0.5, 0.6) is 5.75 Å². The van der Waals surface area contributed by atoms with Crippen molar-refractivity contribution in [1.82, 2.24) is 4.90 Å². The molecule has 1 N–H and O–H groups in total. The minimum absolute atomic E-state index is 0.178. The van der Waals surface area contributed by atoms with Crippen LogP contribution in [0, 0.1) is 0 Å². The van der Waals surface area contributed by atoms with Crippen LogP contribution >= 0.6 is 11.6 Å². The maximum atomic E-state index is 11.0. The standard InChI is InChI=1S/C16H20ClNO3/c1-18-7-4-12(10-18)21-14-3-2-11(8-13(14)17)16(5-6-16)9-15(19)20/h2-3,8,12H,4-7,9-10H2,1H3,(H,19,20). The molecule has 0 amide bonds. The number of hydrogen-bond donors (Lipinski definition) is 1. The molecule has 0 aromatic heterocycles. The number of likely N-dealkylation sites (N-methyl/N-ethyl adjacent to an activating group) is 1. The number of likely N-dealkylation sites (tertiary alicyclic amines) is 1. The zero-order chi connectivity index (χ0) is 15.0. The highest BCUT2D eigenvalue weighted by Crippen LogP contribution is 2.52. The molecule has 114 valence electrons. The molecular weight excluding hydrogens is 290 g/mol. The number of benzene rings is 1. The Morgan fingerprint density at radius 2 is 2.29 bits per heavy atom. The molecule has 0 bridgehead atoms. The highest BCUT2D eigenvalue weighted by atomic mass is 35.5. The molecule has 1 saturated heterocycles. The fourth-order valence-corrected chi connectivity index (χ4v) is 3.33. The lowest BCUT2D eigenvalue weighted by molar-refractivity contribution is -0.137. The minimum atomic E-state index is -0.752. The number of rotatable bonds is 5. The summed E-state index contributed by atoms with van der Waals surface area (Å²) in [6.07, 6.45) is 3.22. The van der Waals surface area contributed by atoms with Crippen molar-refractivity contribution in [3.63, 3.8) is 0 Å². The smallest absolute Gasteiger partial charge is 0.304 e. The molecule has 1 saturated carbocycles. The third-order valence-electron chi connectivity index (χ3n) is 4.53. The largest absolute Gasteiger partial charge is 0.487 e. The van der Waals surface area contributed by atoms with Crippen molar-refractivity contribution >= 4 is 17.6 Å². The van der Waals surface area contributed by atoms with E-state index in [-0.39, 0.29) is 17.9 Å². The number of carbonyl (C=O) groups is 1. The van der Waals surface area contributed by atoms with Crippen molar-refractivity contribution < 1.29 is 14.6 Å². The van der Waals surface area contributed by atoms with Crippen LogP contribution in [0.2, 0.25) is 5.02 Å². The monoisotopic (exact) mass is 309 g/mol. The highest BCUT2D eigenvalue weighted by Gasteiger charge is 2.46. The molecule has 1 aliphatic heterocycles. The second-order valence-corrected chi connectivity index (χ2v) is 6.69. The van der Waals surface area contributed by atoms with Crippen LogP contribution in [0.15, 0.2) is 18.2 Å². The third kappa shape index (κ3) is 3.16. The summed E-state index contributed by atoms with van der Waals surface area (Å²) < 4.78 is 5.96. The molecule has 3 rings (SSSR count). The number of aliphatic carboxylic acids is 1. The molecule has 0 radical (unpaired) electrons. The number of halogens is 1. The van der Waals surface area contributed by atoms with Gasteiger partial charge in [-0.15, -0.1) is 0 Å². The summed E-state index contributed by atoms with van der Waals surface area (Å²) in [5, 5.41) is 9.61. The molecule has 5 heteroatoms. The van der Waals surface area contributed by atoms with Crippen molar-refractivity contribution in [3.8, 4) is 5.75 Å². The van der Waals surface area contributed by atoms with Gasteiger partial charge in [0.25, 0.3) is 0 Å². The topological polar surface area (TPSA) is 49.8 Å². The van der Waals surface area contributed by atoms with Gasteiger partial charge < -0.3 is 14.7 Å². The maximum Gasteiger partial charge on any atom is 0.304 e. The first-order valence-corrected chi connectivity index (χ1v) is 7.73. The zero-order valence-electron chi connectivity index (χ0n) is 12.1. The normalized spacial score (nSPS) is 24.0. The molecule has 1 heterocycles. The van der Waals surface area contributed by atoms with Gasteiger partial charge in [-0.1, -0.05) is 17.7 Å². The molecule has 2 aliphatic rings. The van der Waals surface area contributed by atoms with Crippen LogP contribution in [0.4, 0.5) is 0 Å². The van der Waals surface area contributed by atoms with Crippen LogP contribution in [0.3, 0.4) is 0 Å². The Morgan fingerprint density at radius 1 is 1.52 bits per heavy atom. The third-order valence-corrected chi connectivity index (χ3v) is 4.82. The fraction of sp³-hybridized carbons (Fsp3) is 0.562. The van der Waals surface area contributed by atoms with Gasteiger partial charge in [-0.25, -0.2) is 0 Å². The Kier molecular flexibility index (Phi) is 3.84. The van der Waals surface area contributed by atoms with E-state index in [1.165, 1.54) is 0 Å². The lowest BCUT2D eigenvalue weighted by atomic mass is 9.92. The van der Waals surface area contributed by atoms with E-state index in [0.717, 1.165) is 37.9 Å². The van der Waals surface area contributed by atoms with Crippen LogP contribution < -0.4 is 4.74 Å². The molecule has 2 fully saturated rings. The van der Waals surface area contributed by atoms with Crippen molar-refractivity contribution in [1.29, 1.82) is 0 Å². The number of ether oxygens (including phenoxy) is 1. The van der Waals surface area contributed by atoms with Gasteiger partial charge in [-0.05, 0) is 44.0 Å². The predicted octanol–water partition coefficient (Wildman–Crippen LogP) is 2.93. The lowest BCUT2D eigenvalue weighted by Crippen LogP contribution is -2.21. The van der Waals surface area contributed by atoms with E-state index in [0.29, 0.717) is 10.8 Å². The van der Waals surface area contributed by atoms with E-state index < -0.39 is 5.97 Å². The molecule has 1 aromatic rings. The van der Waals surface area contributed by atoms with Crippen LogP contribution in [-0.2, 0) is 10.2 Å². The number of nitrogens with zero attached hydrogens (tertiary/aromatic N) is 1. The summed E-state index contributed by atoms with van der Waals surface area (Å²) >= 11 is 6.33. The van der Waals surface area contributed by atoms with E-state index >= 15 is 0 Å². The molecular formula is C16H20ClNO3. The molecule has 1 aromatic carbocycles. The second-order valence-electron chi connectivity index (χ2n) is 6.29. The van der Waals surface area contributed by atoms with Gasteiger partial charge in [-0.2, -0.15) is 0 Å². The first-order chi connectivity index (χ1) is 9.98. The van der Waals surface area contributed by atoms with E-state index in [2.05, 4.69) is 11.9 Å². The van der Waals surface area contributed by atoms with Gasteiger partial charge in [0.1, 0.15) is 11.9 Å². The van der Waals surface area contributed by atoms with Crippen molar-refractivity contribution in [2.45, 2.75) is 37.2 Å². The maximum absolute atomic E-state index is 11.0. The summed E-state index contributed by atoms with van der Waals surface area (Å²) in [6.45, 7) is 1.96. The summed E-state index contributed by atoms with van der Waals surface area (Å²) in [7, 11) is 2.08. The molecule has 1 aliphatic carbocycles. The molecule has 1 unspecified atom stereocenters. The van der Waals surface area contributed by atoms with Crippen LogP contribution in [0.1, 0.15) is 31.2 Å². The Bertz CT molecular complexity index is 556. The number of carboxylic acid groups (broad SMARTS) is 1. The average molecular weight is 310 g/mol. The Labute approximate surface area is 129 Å². The Balaban J connectivity index is 1.73. The number of hydrogen-bond acceptors (Lipinski definition) is 3. The Morgan fingerprint density at radius 3 is 2.81 bits per heavy atom. The molecule has 0 spiro atoms. The predicted molar refractivity (Wildman–Crippen MR) is 81.1 cm³/mol. The highest BCUT2D eigenvalue weighted by molar-refractivity contribution is 6.32. The Hall–Kier alpha value is -1.26. The minimum Gasteiger partial charge on any atom is -0.487 e. The summed E-state index contributed by atoms with van der Waals surface area (Å²) in [4.78, 5) is 13.2. The quantitative estimate of drug-likeness (QED) is 0.908. The zero-order valence-corrected chi connectivity index (χ0v) is 12.9. The van der Waals surface area contributed by atoms with Crippen LogP contribution in [-0.4, -0.2) is 42.2 Å². The van der Waals surface area contributed by atoms with Gasteiger partial charge >= 0.3 is 5.97 Å². The van der Waals surface area contributed by atoms with Crippen molar-refractivity contribution in [2.24, 2.45) is 0 Å². The first-order valence-electron chi connectivity index (χ1n) is 7.35. The van der Waals surface area contributed by atoms with Crippen molar-refractivity contribution in [2.75, 3.05) is 20.1 Å². The fourth-order valence-electron chi connectivity index (χ4n) is 3.10. The molecule has 1 atom stereocenters. The number of carboxylic acids is 1. The summed E-state index contributed by atoms with van der Waals surface area (Å²) in [5.41, 5.74) is 0.812. The van der Waals surface area contributed by atoms with E-state index in [4.69, 9.17) is 21.4 Å². The molecule has 4 nitrogen and oxygen atoms in total. The van der Waals surface area contributed by atoms with Crippen LogP contribution in [0.25, 0.3) is 0 Å². The van der Waals surface area contributed by atoms with Gasteiger partial charge in [0.05, 0.1) is 11.4 Å². The van der Waals surface area contributed by atoms with E-state index in [1.807, 2.05) is 18.2 Å². The van der Waals surface area contributed by atoms with Gasteiger partial charge in [0.2, 0.25) is 0 Å².